The third-order valence-corrected chi connectivity index (χ3v) is 4.99. The van der Waals surface area contributed by atoms with Crippen LogP contribution in [-0.4, -0.2) is 51.9 Å². The van der Waals surface area contributed by atoms with Crippen LogP contribution in [0.25, 0.3) is 0 Å². The highest BCUT2D eigenvalue weighted by atomic mass is 16.7. The van der Waals surface area contributed by atoms with E-state index >= 15 is 0 Å². The Hall–Kier alpha value is -3.39. The maximum Gasteiger partial charge on any atom is 0.330 e. The zero-order valence-electron chi connectivity index (χ0n) is 19.4. The highest BCUT2D eigenvalue weighted by molar-refractivity contribution is 5.75. The fraction of sp³-hybridized carbons (Fsp3) is 0.591. The van der Waals surface area contributed by atoms with Crippen LogP contribution in [0, 0.1) is 24.7 Å². The highest BCUT2D eigenvalue weighted by Crippen LogP contribution is 2.44. The first-order valence-corrected chi connectivity index (χ1v) is 10.2. The Morgan fingerprint density at radius 1 is 1.24 bits per heavy atom. The summed E-state index contributed by atoms with van der Waals surface area (Å²) in [6.07, 6.45) is 2.55. The standard InChI is InChI=1S/C22H28N2O9/c1-8-9-22(33-14(4)26)15(11-30-19(28)21(5,6)7)32-18(16(22)31-13(3)25)24-10-12(2)17(27)23-20(24)29/h1,10,15-16,18H,9,11H2,2-7H3,(H,23,27,29)/t15-,16+,18-,22-/m1/s1. The van der Waals surface area contributed by atoms with Gasteiger partial charge in [0.05, 0.1) is 11.8 Å². The summed E-state index contributed by atoms with van der Waals surface area (Å²) in [5.41, 5.74) is -3.89. The van der Waals surface area contributed by atoms with Gasteiger partial charge in [-0.3, -0.25) is 28.7 Å². The molecule has 33 heavy (non-hydrogen) atoms. The minimum atomic E-state index is -1.78. The number of terminal acetylenes is 1. The number of rotatable bonds is 6. The molecule has 1 fully saturated rings. The molecule has 0 aliphatic carbocycles. The van der Waals surface area contributed by atoms with Crippen molar-refractivity contribution in [3.63, 3.8) is 0 Å². The summed E-state index contributed by atoms with van der Waals surface area (Å²) in [6.45, 7) is 8.27. The molecule has 0 spiro atoms. The summed E-state index contributed by atoms with van der Waals surface area (Å²) in [4.78, 5) is 62.9. The number of H-pyrrole nitrogens is 1. The molecule has 0 aromatic carbocycles. The average molecular weight is 464 g/mol. The van der Waals surface area contributed by atoms with Crippen molar-refractivity contribution in [1.29, 1.82) is 0 Å². The molecule has 11 nitrogen and oxygen atoms in total. The second-order valence-electron chi connectivity index (χ2n) is 8.80. The summed E-state index contributed by atoms with van der Waals surface area (Å²) in [5.74, 6) is 0.297. The van der Waals surface area contributed by atoms with Gasteiger partial charge in [-0.2, -0.15) is 0 Å². The van der Waals surface area contributed by atoms with E-state index in [-0.39, 0.29) is 12.0 Å². The van der Waals surface area contributed by atoms with Gasteiger partial charge in [0, 0.05) is 25.6 Å². The molecule has 1 N–H and O–H groups in total. The lowest BCUT2D eigenvalue weighted by molar-refractivity contribution is -0.187. The predicted molar refractivity (Wildman–Crippen MR) is 114 cm³/mol. The van der Waals surface area contributed by atoms with E-state index in [1.165, 1.54) is 13.1 Å². The van der Waals surface area contributed by atoms with Gasteiger partial charge in [-0.25, -0.2) is 4.79 Å². The van der Waals surface area contributed by atoms with Gasteiger partial charge in [-0.1, -0.05) is 0 Å². The number of hydrogen-bond acceptors (Lipinski definition) is 9. The minimum absolute atomic E-state index is 0.178. The smallest absolute Gasteiger partial charge is 0.330 e. The van der Waals surface area contributed by atoms with E-state index in [9.17, 15) is 24.0 Å². The number of carbonyl (C=O) groups is 3. The number of carbonyl (C=O) groups excluding carboxylic acids is 3. The fourth-order valence-corrected chi connectivity index (χ4v) is 3.45. The Labute approximate surface area is 190 Å². The molecule has 2 heterocycles. The maximum absolute atomic E-state index is 12.6. The van der Waals surface area contributed by atoms with Crippen LogP contribution in [0.15, 0.2) is 15.8 Å². The third-order valence-electron chi connectivity index (χ3n) is 4.99. The number of aromatic amines is 1. The van der Waals surface area contributed by atoms with Gasteiger partial charge < -0.3 is 18.9 Å². The number of esters is 3. The quantitative estimate of drug-likeness (QED) is 0.363. The zero-order chi connectivity index (χ0) is 25.1. The molecule has 0 radical (unpaired) electrons. The van der Waals surface area contributed by atoms with Crippen LogP contribution in [-0.2, 0) is 33.3 Å². The summed E-state index contributed by atoms with van der Waals surface area (Å²) in [5, 5.41) is 0. The monoisotopic (exact) mass is 464 g/mol. The van der Waals surface area contributed by atoms with E-state index in [1.54, 1.807) is 20.8 Å². The van der Waals surface area contributed by atoms with Gasteiger partial charge in [-0.05, 0) is 27.7 Å². The van der Waals surface area contributed by atoms with Crippen LogP contribution in [0.3, 0.4) is 0 Å². The minimum Gasteiger partial charge on any atom is -0.462 e. The molecule has 0 amide bonds. The van der Waals surface area contributed by atoms with Crippen molar-refractivity contribution < 1.29 is 33.3 Å². The van der Waals surface area contributed by atoms with Crippen LogP contribution in [0.5, 0.6) is 0 Å². The Bertz CT molecular complexity index is 1090. The number of aromatic nitrogens is 2. The molecule has 11 heteroatoms. The summed E-state index contributed by atoms with van der Waals surface area (Å²) in [7, 11) is 0. The molecular formula is C22H28N2O9. The van der Waals surface area contributed by atoms with Gasteiger partial charge in [0.25, 0.3) is 5.56 Å². The number of nitrogens with one attached hydrogen (secondary N) is 1. The number of aryl methyl sites for hydroxylation is 1. The molecule has 180 valence electrons. The molecule has 0 saturated carbocycles. The van der Waals surface area contributed by atoms with Crippen molar-refractivity contribution in [2.45, 2.75) is 72.0 Å². The number of nitrogens with zero attached hydrogens (tertiary/aromatic N) is 1. The normalized spacial score (nSPS) is 24.6. The lowest BCUT2D eigenvalue weighted by Crippen LogP contribution is -2.54. The Kier molecular flexibility index (Phi) is 7.54. The first kappa shape index (κ1) is 25.9. The van der Waals surface area contributed by atoms with E-state index in [1.807, 2.05) is 0 Å². The topological polar surface area (TPSA) is 143 Å². The molecule has 0 unspecified atom stereocenters. The Morgan fingerprint density at radius 2 is 1.88 bits per heavy atom. The molecule has 4 atom stereocenters. The first-order chi connectivity index (χ1) is 15.2. The van der Waals surface area contributed by atoms with E-state index < -0.39 is 65.2 Å². The van der Waals surface area contributed by atoms with Crippen molar-refractivity contribution in [2.75, 3.05) is 6.61 Å². The van der Waals surface area contributed by atoms with E-state index in [0.717, 1.165) is 18.4 Å². The second-order valence-corrected chi connectivity index (χ2v) is 8.80. The van der Waals surface area contributed by atoms with E-state index in [4.69, 9.17) is 25.4 Å². The van der Waals surface area contributed by atoms with Crippen molar-refractivity contribution in [3.8, 4) is 12.3 Å². The number of ether oxygens (including phenoxy) is 4. The molecule has 1 aromatic rings. The maximum atomic E-state index is 12.6. The fourth-order valence-electron chi connectivity index (χ4n) is 3.45. The van der Waals surface area contributed by atoms with Crippen LogP contribution < -0.4 is 11.2 Å². The summed E-state index contributed by atoms with van der Waals surface area (Å²) in [6, 6.07) is 0. The van der Waals surface area contributed by atoms with Crippen LogP contribution >= 0.6 is 0 Å². The van der Waals surface area contributed by atoms with Crippen LogP contribution in [0.1, 0.15) is 52.8 Å². The molecule has 1 saturated heterocycles. The second kappa shape index (κ2) is 9.62. The van der Waals surface area contributed by atoms with Crippen molar-refractivity contribution in [1.82, 2.24) is 9.55 Å². The third kappa shape index (κ3) is 5.51. The van der Waals surface area contributed by atoms with Crippen molar-refractivity contribution in [3.05, 3.63) is 32.6 Å². The average Bonchev–Trinajstić information content (AvgIpc) is 2.94. The lowest BCUT2D eigenvalue weighted by atomic mass is 9.88. The van der Waals surface area contributed by atoms with Crippen molar-refractivity contribution in [2.24, 2.45) is 5.41 Å². The summed E-state index contributed by atoms with van der Waals surface area (Å²) >= 11 is 0. The predicted octanol–water partition coefficient (Wildman–Crippen LogP) is 0.589. The molecule has 2 rings (SSSR count). The van der Waals surface area contributed by atoms with E-state index in [2.05, 4.69) is 10.9 Å². The number of hydrogen-bond donors (Lipinski definition) is 1. The van der Waals surface area contributed by atoms with Gasteiger partial charge in [0.15, 0.2) is 17.9 Å². The molecule has 1 aliphatic rings. The molecule has 1 aliphatic heterocycles. The van der Waals surface area contributed by atoms with Gasteiger partial charge >= 0.3 is 23.6 Å². The Balaban J connectivity index is 2.65. The summed E-state index contributed by atoms with van der Waals surface area (Å²) < 4.78 is 23.4. The van der Waals surface area contributed by atoms with Crippen LogP contribution in [0.2, 0.25) is 0 Å². The SMILES string of the molecule is C#CC[C@@]1(OC(C)=O)[C@@H](COC(=O)C(C)(C)C)O[C@@H](n2cc(C)c(=O)[nH]c2=O)[C@@H]1OC(C)=O. The largest absolute Gasteiger partial charge is 0.462 e. The molecular weight excluding hydrogens is 436 g/mol. The van der Waals surface area contributed by atoms with E-state index in [0.29, 0.717) is 0 Å². The highest BCUT2D eigenvalue weighted by Gasteiger charge is 2.62. The van der Waals surface area contributed by atoms with Gasteiger partial charge in [-0.15, -0.1) is 12.3 Å². The Morgan fingerprint density at radius 3 is 2.39 bits per heavy atom. The molecule has 1 aromatic heterocycles. The first-order valence-electron chi connectivity index (χ1n) is 10.2. The lowest BCUT2D eigenvalue weighted by Gasteiger charge is -2.35. The van der Waals surface area contributed by atoms with Gasteiger partial charge in [0.1, 0.15) is 12.7 Å². The zero-order valence-corrected chi connectivity index (χ0v) is 19.4. The van der Waals surface area contributed by atoms with Gasteiger partial charge in [0.2, 0.25) is 0 Å². The van der Waals surface area contributed by atoms with Crippen molar-refractivity contribution >= 4 is 17.9 Å². The molecule has 0 bridgehead atoms. The van der Waals surface area contributed by atoms with Crippen LogP contribution in [0.4, 0.5) is 0 Å².